The molecule has 112 valence electrons. The molecule has 1 heterocycles. The molecular formula is C14H17N3O3S. The van der Waals surface area contributed by atoms with Gasteiger partial charge in [0.2, 0.25) is 5.91 Å². The van der Waals surface area contributed by atoms with Gasteiger partial charge in [-0.15, -0.1) is 0 Å². The van der Waals surface area contributed by atoms with Gasteiger partial charge in [-0.05, 0) is 24.3 Å². The topological polar surface area (TPSA) is 90.3 Å². The van der Waals surface area contributed by atoms with Gasteiger partial charge in [0.25, 0.3) is 0 Å². The Morgan fingerprint density at radius 1 is 1.24 bits per heavy atom. The summed E-state index contributed by atoms with van der Waals surface area (Å²) in [5.74, 6) is 0.0139. The van der Waals surface area contributed by atoms with E-state index in [2.05, 4.69) is 5.32 Å². The number of amides is 1. The zero-order chi connectivity index (χ0) is 15.3. The number of hydrogen-bond acceptors (Lipinski definition) is 5. The van der Waals surface area contributed by atoms with Crippen LogP contribution in [0.1, 0.15) is 12.0 Å². The molecule has 1 aromatic rings. The van der Waals surface area contributed by atoms with Gasteiger partial charge in [0, 0.05) is 32.6 Å². The van der Waals surface area contributed by atoms with Crippen molar-refractivity contribution >= 4 is 15.7 Å². The van der Waals surface area contributed by atoms with Crippen LogP contribution >= 0.6 is 0 Å². The minimum Gasteiger partial charge on any atom is -0.355 e. The number of carbonyl (C=O) groups excluding carboxylic acids is 1. The molecule has 1 aromatic carbocycles. The average molecular weight is 307 g/mol. The molecule has 7 heteroatoms. The van der Waals surface area contributed by atoms with Crippen LogP contribution in [-0.2, 0) is 14.6 Å². The van der Waals surface area contributed by atoms with Crippen LogP contribution < -0.4 is 5.32 Å². The molecule has 6 nitrogen and oxygen atoms in total. The fourth-order valence-corrected chi connectivity index (χ4v) is 3.43. The lowest BCUT2D eigenvalue weighted by Crippen LogP contribution is -2.32. The Kier molecular flexibility index (Phi) is 4.94. The van der Waals surface area contributed by atoms with E-state index in [9.17, 15) is 13.2 Å². The van der Waals surface area contributed by atoms with E-state index in [0.717, 1.165) is 0 Å². The second-order valence-corrected chi connectivity index (χ2v) is 7.01. The van der Waals surface area contributed by atoms with Crippen molar-refractivity contribution in [2.45, 2.75) is 11.3 Å². The number of benzene rings is 1. The maximum atomic E-state index is 12.2. The maximum Gasteiger partial charge on any atom is 0.221 e. The molecule has 1 fully saturated rings. The van der Waals surface area contributed by atoms with Crippen molar-refractivity contribution in [2.24, 2.45) is 0 Å². The van der Waals surface area contributed by atoms with E-state index in [-0.39, 0.29) is 16.6 Å². The first kappa shape index (κ1) is 15.5. The molecule has 1 saturated heterocycles. The van der Waals surface area contributed by atoms with Crippen molar-refractivity contribution in [3.63, 3.8) is 0 Å². The van der Waals surface area contributed by atoms with Gasteiger partial charge >= 0.3 is 0 Å². The summed E-state index contributed by atoms with van der Waals surface area (Å²) in [4.78, 5) is 13.4. The quantitative estimate of drug-likeness (QED) is 0.855. The van der Waals surface area contributed by atoms with Crippen molar-refractivity contribution in [3.05, 3.63) is 29.8 Å². The van der Waals surface area contributed by atoms with Gasteiger partial charge in [-0.2, -0.15) is 5.26 Å². The van der Waals surface area contributed by atoms with Gasteiger partial charge in [0.15, 0.2) is 9.84 Å². The Balaban J connectivity index is 1.97. The molecule has 1 N–H and O–H groups in total. The molecule has 0 aliphatic carbocycles. The molecular weight excluding hydrogens is 290 g/mol. The predicted molar refractivity (Wildman–Crippen MR) is 77.3 cm³/mol. The van der Waals surface area contributed by atoms with Gasteiger partial charge in [0.1, 0.15) is 0 Å². The Morgan fingerprint density at radius 2 is 1.95 bits per heavy atom. The van der Waals surface area contributed by atoms with E-state index in [1.807, 2.05) is 11.0 Å². The van der Waals surface area contributed by atoms with Gasteiger partial charge in [-0.1, -0.05) is 0 Å². The van der Waals surface area contributed by atoms with Crippen molar-refractivity contribution in [2.75, 3.05) is 31.9 Å². The highest BCUT2D eigenvalue weighted by molar-refractivity contribution is 7.91. The fourth-order valence-electron chi connectivity index (χ4n) is 2.14. The number of nitrogens with zero attached hydrogens (tertiary/aromatic N) is 2. The first-order valence-corrected chi connectivity index (χ1v) is 8.38. The van der Waals surface area contributed by atoms with Crippen LogP contribution in [0.5, 0.6) is 0 Å². The number of rotatable bonds is 4. The Bertz CT molecular complexity index is 647. The molecule has 0 bridgehead atoms. The zero-order valence-corrected chi connectivity index (χ0v) is 12.4. The first-order valence-electron chi connectivity index (χ1n) is 6.73. The normalized spacial score (nSPS) is 16.8. The Morgan fingerprint density at radius 3 is 2.62 bits per heavy atom. The molecule has 0 saturated carbocycles. The standard InChI is InChI=1S/C14H17N3O3S/c15-11-12-1-3-13(4-2-12)21(19,20)10-9-17-7-5-14(18)16-6-8-17/h1-4H,5-10H2,(H,16,18). The summed E-state index contributed by atoms with van der Waals surface area (Å²) in [6.45, 7) is 2.19. The summed E-state index contributed by atoms with van der Waals surface area (Å²) < 4.78 is 24.5. The van der Waals surface area contributed by atoms with E-state index in [0.29, 0.717) is 38.2 Å². The highest BCUT2D eigenvalue weighted by Gasteiger charge is 2.18. The third kappa shape index (κ3) is 4.28. The zero-order valence-electron chi connectivity index (χ0n) is 11.6. The molecule has 0 spiro atoms. The summed E-state index contributed by atoms with van der Waals surface area (Å²) >= 11 is 0. The largest absolute Gasteiger partial charge is 0.355 e. The number of hydrogen-bond donors (Lipinski definition) is 1. The first-order chi connectivity index (χ1) is 10.0. The second-order valence-electron chi connectivity index (χ2n) is 4.90. The molecule has 0 radical (unpaired) electrons. The summed E-state index contributed by atoms with van der Waals surface area (Å²) in [7, 11) is -3.37. The SMILES string of the molecule is N#Cc1ccc(S(=O)(=O)CCN2CCNC(=O)CC2)cc1. The third-order valence-electron chi connectivity index (χ3n) is 3.42. The molecule has 0 aromatic heterocycles. The summed E-state index contributed by atoms with van der Waals surface area (Å²) in [6, 6.07) is 7.88. The third-order valence-corrected chi connectivity index (χ3v) is 5.13. The van der Waals surface area contributed by atoms with Crippen LogP contribution in [0.4, 0.5) is 0 Å². The van der Waals surface area contributed by atoms with Crippen molar-refractivity contribution in [1.29, 1.82) is 5.26 Å². The van der Waals surface area contributed by atoms with E-state index < -0.39 is 9.84 Å². The fraction of sp³-hybridized carbons (Fsp3) is 0.429. The van der Waals surface area contributed by atoms with Crippen LogP contribution in [-0.4, -0.2) is 51.2 Å². The van der Waals surface area contributed by atoms with E-state index in [4.69, 9.17) is 5.26 Å². The van der Waals surface area contributed by atoms with Crippen molar-refractivity contribution in [1.82, 2.24) is 10.2 Å². The second kappa shape index (κ2) is 6.70. The van der Waals surface area contributed by atoms with Gasteiger partial charge in [0.05, 0.1) is 22.3 Å². The smallest absolute Gasteiger partial charge is 0.221 e. The highest BCUT2D eigenvalue weighted by Crippen LogP contribution is 2.12. The number of carbonyl (C=O) groups is 1. The van der Waals surface area contributed by atoms with Crippen LogP contribution in [0.15, 0.2) is 29.2 Å². The number of sulfone groups is 1. The summed E-state index contributed by atoms with van der Waals surface area (Å²) in [5.41, 5.74) is 0.436. The van der Waals surface area contributed by atoms with Crippen LogP contribution in [0, 0.1) is 11.3 Å². The number of nitriles is 1. The predicted octanol–water partition coefficient (Wildman–Crippen LogP) is 0.154. The molecule has 0 atom stereocenters. The van der Waals surface area contributed by atoms with E-state index >= 15 is 0 Å². The molecule has 1 aliphatic rings. The molecule has 21 heavy (non-hydrogen) atoms. The van der Waals surface area contributed by atoms with Gasteiger partial charge in [-0.3, -0.25) is 4.79 Å². The maximum absolute atomic E-state index is 12.2. The van der Waals surface area contributed by atoms with Crippen LogP contribution in [0.25, 0.3) is 0 Å². The van der Waals surface area contributed by atoms with Crippen LogP contribution in [0.2, 0.25) is 0 Å². The highest BCUT2D eigenvalue weighted by atomic mass is 32.2. The molecule has 1 amide bonds. The lowest BCUT2D eigenvalue weighted by atomic mass is 10.2. The summed E-state index contributed by atoms with van der Waals surface area (Å²) in [5, 5.41) is 11.5. The Hall–Kier alpha value is -1.91. The van der Waals surface area contributed by atoms with E-state index in [1.54, 1.807) is 0 Å². The average Bonchev–Trinajstić information content (AvgIpc) is 2.70. The van der Waals surface area contributed by atoms with Crippen molar-refractivity contribution in [3.8, 4) is 6.07 Å². The van der Waals surface area contributed by atoms with Gasteiger partial charge < -0.3 is 10.2 Å². The van der Waals surface area contributed by atoms with Crippen LogP contribution in [0.3, 0.4) is 0 Å². The summed E-state index contributed by atoms with van der Waals surface area (Å²) in [6.07, 6.45) is 0.400. The molecule has 2 rings (SSSR count). The minimum atomic E-state index is -3.37. The lowest BCUT2D eigenvalue weighted by molar-refractivity contribution is -0.120. The Labute approximate surface area is 124 Å². The number of nitrogens with one attached hydrogen (secondary N) is 1. The van der Waals surface area contributed by atoms with Crippen molar-refractivity contribution < 1.29 is 13.2 Å². The lowest BCUT2D eigenvalue weighted by Gasteiger charge is -2.18. The van der Waals surface area contributed by atoms with E-state index in [1.165, 1.54) is 24.3 Å². The molecule has 0 unspecified atom stereocenters. The molecule has 1 aliphatic heterocycles. The van der Waals surface area contributed by atoms with Gasteiger partial charge in [-0.25, -0.2) is 8.42 Å². The minimum absolute atomic E-state index is 0.00690. The monoisotopic (exact) mass is 307 g/mol.